The number of halogens is 1. The van der Waals surface area contributed by atoms with Crippen molar-refractivity contribution in [1.82, 2.24) is 9.99 Å². The molecule has 0 radical (unpaired) electrons. The first kappa shape index (κ1) is 17.8. The van der Waals surface area contributed by atoms with Crippen LogP contribution in [0, 0.1) is 17.8 Å². The summed E-state index contributed by atoms with van der Waals surface area (Å²) in [5, 5.41) is 2.19. The van der Waals surface area contributed by atoms with Gasteiger partial charge in [-0.25, -0.2) is 5.84 Å². The first-order valence-corrected chi connectivity index (χ1v) is 11.3. The number of nitrogens with zero attached hydrogens (tertiary/aromatic N) is 1. The monoisotopic (exact) mass is 421 g/mol. The van der Waals surface area contributed by atoms with E-state index in [1.165, 1.54) is 36.2 Å². The fraction of sp³-hybridized carbons (Fsp3) is 0.474. The number of rotatable bonds is 3. The van der Waals surface area contributed by atoms with Gasteiger partial charge in [-0.3, -0.25) is 19.6 Å². The SMILES string of the molecule is NNC(=O)Cn1c2c(sc1=O)[C@H](c1ccc(Cl)cc1)[C@@H]1[C@H]3CC[C@@H](C3)[C@@H]1S2. The first-order valence-electron chi connectivity index (χ1n) is 9.22. The Morgan fingerprint density at radius 2 is 2.00 bits per heavy atom. The number of nitrogens with one attached hydrogen (secondary N) is 1. The normalized spacial score (nSPS) is 30.8. The predicted octanol–water partition coefficient (Wildman–Crippen LogP) is 3.21. The second-order valence-electron chi connectivity index (χ2n) is 7.71. The molecule has 1 aromatic carbocycles. The molecule has 0 saturated heterocycles. The van der Waals surface area contributed by atoms with Crippen LogP contribution in [0.5, 0.6) is 0 Å². The molecule has 5 rings (SSSR count). The van der Waals surface area contributed by atoms with Crippen LogP contribution in [0.3, 0.4) is 0 Å². The maximum atomic E-state index is 12.7. The summed E-state index contributed by atoms with van der Waals surface area (Å²) in [6, 6.07) is 8.05. The van der Waals surface area contributed by atoms with Crippen LogP contribution in [0.15, 0.2) is 34.1 Å². The highest BCUT2D eigenvalue weighted by Gasteiger charge is 2.55. The number of hydrazine groups is 1. The molecule has 3 aliphatic rings. The summed E-state index contributed by atoms with van der Waals surface area (Å²) in [6.45, 7) is -0.0208. The Bertz CT molecular complexity index is 955. The minimum atomic E-state index is -0.351. The fourth-order valence-corrected chi connectivity index (χ4v) is 8.60. The average molecular weight is 422 g/mol. The number of fused-ring (bicyclic) bond motifs is 6. The molecular weight excluding hydrogens is 402 g/mol. The van der Waals surface area contributed by atoms with E-state index in [9.17, 15) is 9.59 Å². The number of thioether (sulfide) groups is 1. The van der Waals surface area contributed by atoms with E-state index >= 15 is 0 Å². The summed E-state index contributed by atoms with van der Waals surface area (Å²) in [7, 11) is 0. The molecule has 2 saturated carbocycles. The molecule has 8 heteroatoms. The van der Waals surface area contributed by atoms with E-state index < -0.39 is 0 Å². The number of nitrogens with two attached hydrogens (primary N) is 1. The third-order valence-electron chi connectivity index (χ3n) is 6.38. The van der Waals surface area contributed by atoms with Crippen molar-refractivity contribution in [1.29, 1.82) is 0 Å². The molecule has 1 amide bonds. The Morgan fingerprint density at radius 1 is 1.26 bits per heavy atom. The van der Waals surface area contributed by atoms with Crippen molar-refractivity contribution in [3.8, 4) is 0 Å². The molecule has 5 atom stereocenters. The number of carbonyl (C=O) groups is 1. The third kappa shape index (κ3) is 2.78. The van der Waals surface area contributed by atoms with Crippen LogP contribution in [0.4, 0.5) is 0 Å². The van der Waals surface area contributed by atoms with Crippen molar-refractivity contribution in [2.75, 3.05) is 0 Å². The summed E-state index contributed by atoms with van der Waals surface area (Å²) in [6.07, 6.45) is 3.85. The number of hydrogen-bond donors (Lipinski definition) is 2. The van der Waals surface area contributed by atoms with Gasteiger partial charge in [-0.2, -0.15) is 0 Å². The molecule has 2 fully saturated rings. The smallest absolute Gasteiger partial charge is 0.293 e. The molecule has 27 heavy (non-hydrogen) atoms. The van der Waals surface area contributed by atoms with Gasteiger partial charge in [-0.15, -0.1) is 11.8 Å². The molecule has 2 heterocycles. The number of benzene rings is 1. The van der Waals surface area contributed by atoms with Crippen molar-refractivity contribution in [2.24, 2.45) is 23.6 Å². The fourth-order valence-electron chi connectivity index (χ4n) is 5.32. The van der Waals surface area contributed by atoms with E-state index in [2.05, 4.69) is 17.6 Å². The second kappa shape index (κ2) is 6.65. The minimum absolute atomic E-state index is 0.0208. The lowest BCUT2D eigenvalue weighted by Gasteiger charge is -2.40. The maximum Gasteiger partial charge on any atom is 0.308 e. The van der Waals surface area contributed by atoms with Crippen molar-refractivity contribution in [2.45, 2.75) is 42.0 Å². The van der Waals surface area contributed by atoms with Crippen LogP contribution in [0.2, 0.25) is 5.02 Å². The summed E-state index contributed by atoms with van der Waals surface area (Å²) < 4.78 is 1.61. The first-order chi connectivity index (χ1) is 13.1. The lowest BCUT2D eigenvalue weighted by atomic mass is 9.75. The van der Waals surface area contributed by atoms with E-state index in [1.54, 1.807) is 4.57 Å². The van der Waals surface area contributed by atoms with Gasteiger partial charge in [0.25, 0.3) is 5.91 Å². The zero-order valence-corrected chi connectivity index (χ0v) is 16.9. The number of amides is 1. The van der Waals surface area contributed by atoms with E-state index in [0.717, 1.165) is 20.8 Å². The van der Waals surface area contributed by atoms with Crippen LogP contribution >= 0.6 is 34.7 Å². The van der Waals surface area contributed by atoms with Gasteiger partial charge in [0, 0.05) is 21.1 Å². The Hall–Kier alpha value is -1.28. The molecule has 3 N–H and O–H groups in total. The summed E-state index contributed by atoms with van der Waals surface area (Å²) in [5.74, 6) is 7.09. The molecule has 0 unspecified atom stereocenters. The summed E-state index contributed by atoms with van der Waals surface area (Å²) in [5.41, 5.74) is 3.36. The quantitative estimate of drug-likeness (QED) is 0.453. The highest BCUT2D eigenvalue weighted by atomic mass is 35.5. The Kier molecular flexibility index (Phi) is 4.39. The van der Waals surface area contributed by atoms with Crippen LogP contribution < -0.4 is 16.1 Å². The van der Waals surface area contributed by atoms with Crippen molar-refractivity contribution in [3.63, 3.8) is 0 Å². The van der Waals surface area contributed by atoms with E-state index in [4.69, 9.17) is 17.4 Å². The van der Waals surface area contributed by atoms with Gasteiger partial charge in [0.1, 0.15) is 6.54 Å². The second-order valence-corrected chi connectivity index (χ2v) is 10.3. The predicted molar refractivity (Wildman–Crippen MR) is 108 cm³/mol. The van der Waals surface area contributed by atoms with Gasteiger partial charge in [0.05, 0.1) is 5.03 Å². The molecule has 2 aliphatic carbocycles. The number of hydrogen-bond acceptors (Lipinski definition) is 5. The topological polar surface area (TPSA) is 77.1 Å². The van der Waals surface area contributed by atoms with E-state index in [-0.39, 0.29) is 23.2 Å². The van der Waals surface area contributed by atoms with Gasteiger partial charge in [0.2, 0.25) is 0 Å². The summed E-state index contributed by atoms with van der Waals surface area (Å²) in [4.78, 5) is 25.6. The largest absolute Gasteiger partial charge is 0.308 e. The molecule has 5 nitrogen and oxygen atoms in total. The zero-order chi connectivity index (χ0) is 18.7. The van der Waals surface area contributed by atoms with Crippen LogP contribution in [-0.2, 0) is 11.3 Å². The van der Waals surface area contributed by atoms with E-state index in [0.29, 0.717) is 17.1 Å². The van der Waals surface area contributed by atoms with Crippen LogP contribution in [-0.4, -0.2) is 15.7 Å². The highest BCUT2D eigenvalue weighted by Crippen LogP contribution is 2.63. The molecule has 142 valence electrons. The molecule has 2 aromatic rings. The average Bonchev–Trinajstić information content (AvgIpc) is 3.35. The number of thiazole rings is 1. The lowest BCUT2D eigenvalue weighted by molar-refractivity contribution is -0.121. The maximum absolute atomic E-state index is 12.7. The Labute approximate surface area is 170 Å². The molecule has 1 aromatic heterocycles. The number of aromatic nitrogens is 1. The van der Waals surface area contributed by atoms with Gasteiger partial charge in [-0.05, 0) is 54.7 Å². The van der Waals surface area contributed by atoms with Crippen molar-refractivity contribution < 1.29 is 4.79 Å². The van der Waals surface area contributed by atoms with Crippen LogP contribution in [0.25, 0.3) is 0 Å². The highest BCUT2D eigenvalue weighted by molar-refractivity contribution is 8.00. The summed E-state index contributed by atoms with van der Waals surface area (Å²) >= 11 is 9.22. The molecule has 1 aliphatic heterocycles. The third-order valence-corrected chi connectivity index (χ3v) is 9.46. The Morgan fingerprint density at radius 3 is 2.74 bits per heavy atom. The molecule has 2 bridgehead atoms. The Balaban J connectivity index is 1.65. The standard InChI is InChI=1S/C19H20ClN3O2S2/c20-12-5-3-9(4-6-12)14-15-10-1-2-11(7-10)16(15)26-18-17(14)27-19(25)23(18)8-13(24)22-21/h3-6,10-11,14-16H,1-2,7-8,21H2,(H,22,24)/t10-,11-,14+,15-,16-/m0/s1. The van der Waals surface area contributed by atoms with E-state index in [1.807, 2.05) is 23.9 Å². The lowest BCUT2D eigenvalue weighted by Crippen LogP contribution is -2.37. The van der Waals surface area contributed by atoms with Gasteiger partial charge < -0.3 is 0 Å². The van der Waals surface area contributed by atoms with Gasteiger partial charge in [0.15, 0.2) is 0 Å². The minimum Gasteiger partial charge on any atom is -0.293 e. The van der Waals surface area contributed by atoms with Gasteiger partial charge in [-0.1, -0.05) is 35.1 Å². The van der Waals surface area contributed by atoms with Gasteiger partial charge >= 0.3 is 4.87 Å². The number of carbonyl (C=O) groups excluding carboxylic acids is 1. The van der Waals surface area contributed by atoms with Crippen molar-refractivity contribution >= 4 is 40.6 Å². The van der Waals surface area contributed by atoms with Crippen molar-refractivity contribution in [3.05, 3.63) is 49.4 Å². The molecule has 0 spiro atoms. The van der Waals surface area contributed by atoms with Crippen LogP contribution in [0.1, 0.15) is 35.6 Å². The zero-order valence-electron chi connectivity index (χ0n) is 14.6. The molecular formula is C19H20ClN3O2S2.